The lowest BCUT2D eigenvalue weighted by atomic mass is 9.96. The van der Waals surface area contributed by atoms with Crippen LogP contribution in [0.2, 0.25) is 0 Å². The molecule has 2 rings (SSSR count). The van der Waals surface area contributed by atoms with Crippen molar-refractivity contribution in [3.05, 3.63) is 35.4 Å². The fourth-order valence-corrected chi connectivity index (χ4v) is 2.86. The summed E-state index contributed by atoms with van der Waals surface area (Å²) >= 11 is 0. The fraction of sp³-hybridized carbons (Fsp3) is 0.500. The van der Waals surface area contributed by atoms with Crippen LogP contribution in [0, 0.1) is 18.8 Å². The molecule has 0 spiro atoms. The van der Waals surface area contributed by atoms with Gasteiger partial charge in [0.1, 0.15) is 0 Å². The van der Waals surface area contributed by atoms with E-state index in [9.17, 15) is 9.59 Å². The van der Waals surface area contributed by atoms with Crippen molar-refractivity contribution in [2.45, 2.75) is 13.3 Å². The number of nitrogens with two attached hydrogens (primary N) is 1. The summed E-state index contributed by atoms with van der Waals surface area (Å²) in [6.07, 6.45) is 0.359. The summed E-state index contributed by atoms with van der Waals surface area (Å²) in [4.78, 5) is 25.6. The number of likely N-dealkylation sites (tertiary alicyclic amines) is 1. The van der Waals surface area contributed by atoms with E-state index >= 15 is 0 Å². The zero-order chi connectivity index (χ0) is 15.4. The van der Waals surface area contributed by atoms with Crippen molar-refractivity contribution in [1.82, 2.24) is 4.90 Å². The van der Waals surface area contributed by atoms with Gasteiger partial charge in [0.15, 0.2) is 0 Å². The number of carbonyl (C=O) groups is 2. The molecule has 0 bridgehead atoms. The van der Waals surface area contributed by atoms with Crippen molar-refractivity contribution in [1.29, 1.82) is 0 Å². The van der Waals surface area contributed by atoms with Crippen LogP contribution in [0.25, 0.3) is 0 Å². The highest BCUT2D eigenvalue weighted by Gasteiger charge is 2.38. The van der Waals surface area contributed by atoms with Gasteiger partial charge in [0.25, 0.3) is 0 Å². The zero-order valence-corrected chi connectivity index (χ0v) is 12.5. The molecule has 21 heavy (non-hydrogen) atoms. The first-order chi connectivity index (χ1) is 10.0. The van der Waals surface area contributed by atoms with Crippen molar-refractivity contribution in [2.75, 3.05) is 26.8 Å². The number of nitrogens with zero attached hydrogens (tertiary/aromatic N) is 1. The molecule has 1 saturated heterocycles. The Morgan fingerprint density at radius 2 is 2.05 bits per heavy atom. The molecule has 1 fully saturated rings. The van der Waals surface area contributed by atoms with Crippen LogP contribution in [0.5, 0.6) is 0 Å². The second kappa shape index (κ2) is 6.72. The van der Waals surface area contributed by atoms with Crippen molar-refractivity contribution >= 4 is 11.8 Å². The molecular formula is C16H22N2O3. The van der Waals surface area contributed by atoms with E-state index in [1.54, 1.807) is 12.0 Å². The van der Waals surface area contributed by atoms with Crippen LogP contribution >= 0.6 is 0 Å². The molecule has 0 aliphatic carbocycles. The highest BCUT2D eigenvalue weighted by atomic mass is 16.5. The number of hydrogen-bond donors (Lipinski definition) is 1. The van der Waals surface area contributed by atoms with Crippen molar-refractivity contribution in [2.24, 2.45) is 17.6 Å². The van der Waals surface area contributed by atoms with Gasteiger partial charge in [-0.25, -0.2) is 0 Å². The maximum Gasteiger partial charge on any atom is 0.227 e. The Balaban J connectivity index is 2.04. The van der Waals surface area contributed by atoms with E-state index in [0.29, 0.717) is 26.1 Å². The van der Waals surface area contributed by atoms with Crippen LogP contribution in [0.1, 0.15) is 11.1 Å². The highest BCUT2D eigenvalue weighted by Crippen LogP contribution is 2.24. The van der Waals surface area contributed by atoms with Crippen molar-refractivity contribution in [3.63, 3.8) is 0 Å². The molecule has 1 aliphatic rings. The number of benzene rings is 1. The molecule has 1 aromatic carbocycles. The number of methoxy groups -OCH3 is 1. The second-order valence-electron chi connectivity index (χ2n) is 5.63. The molecule has 1 aromatic rings. The number of amides is 2. The van der Waals surface area contributed by atoms with Gasteiger partial charge in [0, 0.05) is 26.1 Å². The van der Waals surface area contributed by atoms with Crippen LogP contribution in [-0.4, -0.2) is 43.5 Å². The van der Waals surface area contributed by atoms with Gasteiger partial charge in [-0.2, -0.15) is 0 Å². The third-order valence-corrected chi connectivity index (χ3v) is 4.14. The first kappa shape index (κ1) is 15.5. The molecular weight excluding hydrogens is 268 g/mol. The lowest BCUT2D eigenvalue weighted by Gasteiger charge is -2.17. The van der Waals surface area contributed by atoms with Crippen LogP contribution in [0.4, 0.5) is 0 Å². The monoisotopic (exact) mass is 290 g/mol. The summed E-state index contributed by atoms with van der Waals surface area (Å²) in [6.45, 7) is 3.37. The van der Waals surface area contributed by atoms with Crippen molar-refractivity contribution in [3.8, 4) is 0 Å². The van der Waals surface area contributed by atoms with Gasteiger partial charge in [0.05, 0.1) is 18.9 Å². The fourth-order valence-electron chi connectivity index (χ4n) is 2.86. The van der Waals surface area contributed by atoms with Gasteiger partial charge in [-0.1, -0.05) is 24.3 Å². The minimum Gasteiger partial charge on any atom is -0.384 e. The molecule has 1 aliphatic heterocycles. The lowest BCUT2D eigenvalue weighted by molar-refractivity contribution is -0.129. The Hall–Kier alpha value is -1.88. The standard InChI is InChI=1S/C16H22N2O3/c1-11-5-3-4-6-12(11)7-15(19)18-8-13(10-21-2)14(9-18)16(17)20/h3-6,13-14H,7-10H2,1-2H3,(H2,17,20). The number of aryl methyl sites for hydroxylation is 1. The van der Waals surface area contributed by atoms with E-state index in [2.05, 4.69) is 0 Å². The molecule has 2 unspecified atom stereocenters. The number of rotatable bonds is 5. The number of carbonyl (C=O) groups excluding carboxylic acids is 2. The van der Waals surface area contributed by atoms with Crippen molar-refractivity contribution < 1.29 is 14.3 Å². The Bertz CT molecular complexity index is 530. The molecule has 0 saturated carbocycles. The second-order valence-corrected chi connectivity index (χ2v) is 5.63. The number of ether oxygens (including phenoxy) is 1. The third-order valence-electron chi connectivity index (χ3n) is 4.14. The van der Waals surface area contributed by atoms with Gasteiger partial charge in [-0.15, -0.1) is 0 Å². The summed E-state index contributed by atoms with van der Waals surface area (Å²) < 4.78 is 5.13. The topological polar surface area (TPSA) is 72.6 Å². The van der Waals surface area contributed by atoms with Gasteiger partial charge in [-0.05, 0) is 18.1 Å². The molecule has 2 atom stereocenters. The summed E-state index contributed by atoms with van der Waals surface area (Å²) in [6, 6.07) is 7.84. The van der Waals surface area contributed by atoms with E-state index in [-0.39, 0.29) is 23.7 Å². The molecule has 0 aromatic heterocycles. The van der Waals surface area contributed by atoms with E-state index in [1.807, 2.05) is 31.2 Å². The first-order valence-electron chi connectivity index (χ1n) is 7.13. The third kappa shape index (κ3) is 3.61. The molecule has 5 heteroatoms. The minimum absolute atomic E-state index is 0.00618. The smallest absolute Gasteiger partial charge is 0.227 e. The molecule has 2 N–H and O–H groups in total. The highest BCUT2D eigenvalue weighted by molar-refractivity contribution is 5.82. The average molecular weight is 290 g/mol. The molecule has 1 heterocycles. The van der Waals surface area contributed by atoms with E-state index in [0.717, 1.165) is 11.1 Å². The maximum absolute atomic E-state index is 12.4. The normalized spacial score (nSPS) is 21.5. The summed E-state index contributed by atoms with van der Waals surface area (Å²) in [5.41, 5.74) is 7.55. The van der Waals surface area contributed by atoms with Gasteiger partial charge >= 0.3 is 0 Å². The minimum atomic E-state index is -0.358. The maximum atomic E-state index is 12.4. The van der Waals surface area contributed by atoms with Crippen LogP contribution < -0.4 is 5.73 Å². The molecule has 2 amide bonds. The summed E-state index contributed by atoms with van der Waals surface area (Å²) in [5.74, 6) is -0.642. The largest absolute Gasteiger partial charge is 0.384 e. The lowest BCUT2D eigenvalue weighted by Crippen LogP contribution is -2.33. The average Bonchev–Trinajstić information content (AvgIpc) is 2.86. The summed E-state index contributed by atoms with van der Waals surface area (Å²) in [5, 5.41) is 0. The van der Waals surface area contributed by atoms with Gasteiger partial charge in [-0.3, -0.25) is 9.59 Å². The zero-order valence-electron chi connectivity index (χ0n) is 12.5. The quantitative estimate of drug-likeness (QED) is 0.869. The predicted molar refractivity (Wildman–Crippen MR) is 79.5 cm³/mol. The molecule has 114 valence electrons. The van der Waals surface area contributed by atoms with E-state index in [4.69, 9.17) is 10.5 Å². The Labute approximate surface area is 125 Å². The Kier molecular flexibility index (Phi) is 4.96. The van der Waals surface area contributed by atoms with Gasteiger partial charge in [0.2, 0.25) is 11.8 Å². The van der Waals surface area contributed by atoms with E-state index in [1.165, 1.54) is 0 Å². The first-order valence-corrected chi connectivity index (χ1v) is 7.13. The summed E-state index contributed by atoms with van der Waals surface area (Å²) in [7, 11) is 1.59. The SMILES string of the molecule is COCC1CN(C(=O)Cc2ccccc2C)CC1C(N)=O. The van der Waals surface area contributed by atoms with Crippen LogP contribution in [0.15, 0.2) is 24.3 Å². The van der Waals surface area contributed by atoms with Crippen LogP contribution in [0.3, 0.4) is 0 Å². The number of primary amides is 1. The molecule has 0 radical (unpaired) electrons. The predicted octanol–water partition coefficient (Wildman–Crippen LogP) is 0.744. The number of hydrogen-bond acceptors (Lipinski definition) is 3. The van der Waals surface area contributed by atoms with E-state index < -0.39 is 0 Å². The van der Waals surface area contributed by atoms with Crippen LogP contribution in [-0.2, 0) is 20.7 Å². The van der Waals surface area contributed by atoms with Gasteiger partial charge < -0.3 is 15.4 Å². The molecule has 5 nitrogen and oxygen atoms in total. The Morgan fingerprint density at radius 1 is 1.33 bits per heavy atom. The Morgan fingerprint density at radius 3 is 2.67 bits per heavy atom.